The maximum Gasteiger partial charge on any atom is 0.335 e. The lowest BCUT2D eigenvalue weighted by Crippen LogP contribution is -2.37. The summed E-state index contributed by atoms with van der Waals surface area (Å²) in [5.74, 6) is -1.44. The molecule has 1 N–H and O–H groups in total. The second-order valence-corrected chi connectivity index (χ2v) is 8.63. The summed E-state index contributed by atoms with van der Waals surface area (Å²) in [5.41, 5.74) is -0.347. The Bertz CT molecular complexity index is 735. The van der Waals surface area contributed by atoms with E-state index in [-0.39, 0.29) is 17.6 Å². The molecule has 0 aromatic heterocycles. The third kappa shape index (κ3) is 3.33. The molecule has 3 fully saturated rings. The minimum atomic E-state index is -1.33. The molecule has 4 rings (SSSR count). The van der Waals surface area contributed by atoms with Crippen molar-refractivity contribution in [1.29, 1.82) is 0 Å². The summed E-state index contributed by atoms with van der Waals surface area (Å²) >= 11 is 0. The second kappa shape index (κ2) is 7.04. The highest BCUT2D eigenvalue weighted by Crippen LogP contribution is 2.59. The van der Waals surface area contributed by atoms with Crippen molar-refractivity contribution in [2.24, 2.45) is 29.6 Å². The molecule has 0 amide bonds. The van der Waals surface area contributed by atoms with Gasteiger partial charge in [-0.1, -0.05) is 20.3 Å². The Kier molecular flexibility index (Phi) is 4.87. The first-order valence-corrected chi connectivity index (χ1v) is 9.89. The summed E-state index contributed by atoms with van der Waals surface area (Å²) in [4.78, 5) is 11.1. The van der Waals surface area contributed by atoms with E-state index < -0.39 is 29.6 Å². The van der Waals surface area contributed by atoms with Crippen molar-refractivity contribution in [2.75, 3.05) is 0 Å². The fourth-order valence-corrected chi connectivity index (χ4v) is 5.55. The number of rotatable bonds is 6. The number of hydrogen-bond donors (Lipinski definition) is 1. The Hall–Kier alpha value is -1.69. The van der Waals surface area contributed by atoms with E-state index >= 15 is 0 Å². The SMILES string of the molecule is CC(C)C(Oc1cc(C(=O)O)cc(F)c1F)OC1CC2CC1C1CCCC21. The number of carboxylic acid groups (broad SMARTS) is 1. The number of ether oxygens (including phenoxy) is 2. The van der Waals surface area contributed by atoms with Crippen LogP contribution < -0.4 is 4.74 Å². The number of halogens is 2. The van der Waals surface area contributed by atoms with Crippen LogP contribution in [0, 0.1) is 41.2 Å². The van der Waals surface area contributed by atoms with Crippen molar-refractivity contribution in [3.63, 3.8) is 0 Å². The van der Waals surface area contributed by atoms with Crippen molar-refractivity contribution in [3.8, 4) is 5.75 Å². The Morgan fingerprint density at radius 1 is 1.15 bits per heavy atom. The zero-order valence-corrected chi connectivity index (χ0v) is 15.7. The first-order chi connectivity index (χ1) is 12.8. The summed E-state index contributed by atoms with van der Waals surface area (Å²) in [6, 6.07) is 1.68. The fourth-order valence-electron chi connectivity index (χ4n) is 5.55. The van der Waals surface area contributed by atoms with Crippen molar-refractivity contribution in [1.82, 2.24) is 0 Å². The van der Waals surface area contributed by atoms with Gasteiger partial charge in [0, 0.05) is 5.92 Å². The molecule has 1 aromatic carbocycles. The molecule has 0 saturated heterocycles. The standard InChI is InChI=1S/C21H26F2O4/c1-10(2)21(27-18-9-12(20(24)25)7-16(22)19(18)23)26-17-8-11-6-15(17)14-5-3-4-13(11)14/h7,9-11,13-15,17,21H,3-6,8H2,1-2H3,(H,24,25). The fraction of sp³-hybridized carbons (Fsp3) is 0.667. The molecule has 3 saturated carbocycles. The summed E-state index contributed by atoms with van der Waals surface area (Å²) in [6.07, 6.45) is 5.43. The van der Waals surface area contributed by atoms with Crippen LogP contribution in [-0.2, 0) is 4.74 Å². The molecule has 0 aliphatic heterocycles. The third-order valence-electron chi connectivity index (χ3n) is 6.71. The van der Waals surface area contributed by atoms with Crippen LogP contribution in [0.2, 0.25) is 0 Å². The molecule has 1 aromatic rings. The molecule has 6 unspecified atom stereocenters. The van der Waals surface area contributed by atoms with E-state index in [2.05, 4.69) is 0 Å². The van der Waals surface area contributed by atoms with Crippen molar-refractivity contribution in [2.45, 2.75) is 58.3 Å². The molecule has 4 nitrogen and oxygen atoms in total. The van der Waals surface area contributed by atoms with Crippen LogP contribution >= 0.6 is 0 Å². The molecule has 27 heavy (non-hydrogen) atoms. The Labute approximate surface area is 157 Å². The zero-order chi connectivity index (χ0) is 19.3. The molecule has 6 atom stereocenters. The van der Waals surface area contributed by atoms with E-state index in [1.807, 2.05) is 13.8 Å². The van der Waals surface area contributed by atoms with Gasteiger partial charge in [-0.15, -0.1) is 0 Å². The van der Waals surface area contributed by atoms with Gasteiger partial charge >= 0.3 is 5.97 Å². The van der Waals surface area contributed by atoms with Crippen molar-refractivity contribution in [3.05, 3.63) is 29.3 Å². The van der Waals surface area contributed by atoms with Crippen LogP contribution in [0.5, 0.6) is 5.75 Å². The van der Waals surface area contributed by atoms with Crippen LogP contribution in [0.1, 0.15) is 56.3 Å². The molecule has 0 spiro atoms. The molecule has 6 heteroatoms. The summed E-state index contributed by atoms with van der Waals surface area (Å²) in [7, 11) is 0. The topological polar surface area (TPSA) is 55.8 Å². The summed E-state index contributed by atoms with van der Waals surface area (Å²) < 4.78 is 39.8. The largest absolute Gasteiger partial charge is 0.478 e. The predicted octanol–water partition coefficient (Wildman–Crippen LogP) is 4.87. The Morgan fingerprint density at radius 2 is 1.89 bits per heavy atom. The Morgan fingerprint density at radius 3 is 2.59 bits per heavy atom. The minimum Gasteiger partial charge on any atom is -0.478 e. The number of carbonyl (C=O) groups is 1. The predicted molar refractivity (Wildman–Crippen MR) is 94.5 cm³/mol. The van der Waals surface area contributed by atoms with Crippen LogP contribution in [0.3, 0.4) is 0 Å². The van der Waals surface area contributed by atoms with Gasteiger partial charge < -0.3 is 14.6 Å². The number of hydrogen-bond acceptors (Lipinski definition) is 3. The van der Waals surface area contributed by atoms with E-state index in [0.29, 0.717) is 17.9 Å². The lowest BCUT2D eigenvalue weighted by atomic mass is 9.80. The lowest BCUT2D eigenvalue weighted by molar-refractivity contribution is -0.163. The van der Waals surface area contributed by atoms with Gasteiger partial charge in [0.1, 0.15) is 0 Å². The number of fused-ring (bicyclic) bond motifs is 5. The average molecular weight is 380 g/mol. The van der Waals surface area contributed by atoms with Crippen LogP contribution in [-0.4, -0.2) is 23.5 Å². The normalized spacial score (nSPS) is 32.7. The molecule has 0 radical (unpaired) electrons. The first-order valence-electron chi connectivity index (χ1n) is 9.89. The molecular weight excluding hydrogens is 354 g/mol. The molecule has 2 bridgehead atoms. The maximum absolute atomic E-state index is 14.2. The smallest absolute Gasteiger partial charge is 0.335 e. The van der Waals surface area contributed by atoms with E-state index in [1.54, 1.807) is 0 Å². The Balaban J connectivity index is 1.50. The summed E-state index contributed by atoms with van der Waals surface area (Å²) in [6.45, 7) is 3.79. The van der Waals surface area contributed by atoms with Gasteiger partial charge in [-0.05, 0) is 61.5 Å². The molecule has 3 aliphatic rings. The average Bonchev–Trinajstić information content (AvgIpc) is 3.30. The van der Waals surface area contributed by atoms with Crippen LogP contribution in [0.25, 0.3) is 0 Å². The van der Waals surface area contributed by atoms with Gasteiger partial charge in [0.2, 0.25) is 12.1 Å². The highest BCUT2D eigenvalue weighted by molar-refractivity contribution is 5.88. The van der Waals surface area contributed by atoms with E-state index in [0.717, 1.165) is 24.3 Å². The molecule has 148 valence electrons. The van der Waals surface area contributed by atoms with Gasteiger partial charge in [0.25, 0.3) is 0 Å². The summed E-state index contributed by atoms with van der Waals surface area (Å²) in [5, 5.41) is 9.08. The quantitative estimate of drug-likeness (QED) is 0.716. The van der Waals surface area contributed by atoms with Crippen LogP contribution in [0.15, 0.2) is 12.1 Å². The van der Waals surface area contributed by atoms with Crippen molar-refractivity contribution < 1.29 is 28.2 Å². The lowest BCUT2D eigenvalue weighted by Gasteiger charge is -2.35. The van der Waals surface area contributed by atoms with Gasteiger partial charge in [0.15, 0.2) is 11.6 Å². The first kappa shape index (κ1) is 18.7. The molecular formula is C21H26F2O4. The van der Waals surface area contributed by atoms with E-state index in [4.69, 9.17) is 14.6 Å². The van der Waals surface area contributed by atoms with E-state index in [9.17, 15) is 13.6 Å². The third-order valence-corrected chi connectivity index (χ3v) is 6.71. The van der Waals surface area contributed by atoms with Crippen molar-refractivity contribution >= 4 is 5.97 Å². The van der Waals surface area contributed by atoms with E-state index in [1.165, 1.54) is 25.7 Å². The molecule has 0 heterocycles. The van der Waals surface area contributed by atoms with Gasteiger partial charge in [-0.2, -0.15) is 4.39 Å². The number of carboxylic acids is 1. The molecule has 3 aliphatic carbocycles. The minimum absolute atomic E-state index is 0.0808. The monoisotopic (exact) mass is 380 g/mol. The zero-order valence-electron chi connectivity index (χ0n) is 15.7. The highest BCUT2D eigenvalue weighted by atomic mass is 19.2. The van der Waals surface area contributed by atoms with Gasteiger partial charge in [-0.25, -0.2) is 9.18 Å². The highest BCUT2D eigenvalue weighted by Gasteiger charge is 2.54. The van der Waals surface area contributed by atoms with Gasteiger partial charge in [0.05, 0.1) is 11.7 Å². The number of aromatic carboxylic acids is 1. The number of benzene rings is 1. The van der Waals surface area contributed by atoms with Crippen LogP contribution in [0.4, 0.5) is 8.78 Å². The maximum atomic E-state index is 14.2. The van der Waals surface area contributed by atoms with Gasteiger partial charge in [-0.3, -0.25) is 0 Å². The second-order valence-electron chi connectivity index (χ2n) is 8.63.